The Bertz CT molecular complexity index is 2810. The van der Waals surface area contributed by atoms with Gasteiger partial charge in [0.25, 0.3) is 0 Å². The van der Waals surface area contributed by atoms with Crippen LogP contribution in [0.4, 0.5) is 17.1 Å². The predicted molar refractivity (Wildman–Crippen MR) is 210 cm³/mol. The summed E-state index contributed by atoms with van der Waals surface area (Å²) >= 11 is 1.85. The summed E-state index contributed by atoms with van der Waals surface area (Å²) in [5.74, 6) is 0. The maximum Gasteiger partial charge on any atom is 0.143 e. The molecule has 0 unspecified atom stereocenters. The van der Waals surface area contributed by atoms with E-state index in [1.807, 2.05) is 11.3 Å². The molecule has 0 fully saturated rings. The van der Waals surface area contributed by atoms with Crippen LogP contribution in [0.2, 0.25) is 0 Å². The number of hydrogen-bond acceptors (Lipinski definition) is 3. The van der Waals surface area contributed by atoms with E-state index in [0.717, 1.165) is 50.0 Å². The molecule has 49 heavy (non-hydrogen) atoms. The zero-order valence-corrected chi connectivity index (χ0v) is 27.3. The normalized spacial score (nSPS) is 11.7. The van der Waals surface area contributed by atoms with Crippen LogP contribution in [0.25, 0.3) is 75.1 Å². The standard InChI is InChI=1S/C46H29NOS/c1-2-9-30(10-3-1)31-17-22-34(23-18-31)47(36-26-28-44-41(29-36)39-13-6-7-16-43(39)49-44)35-24-19-33(20-25-35)37-14-8-15-42-45(37)40-27-21-32-11-4-5-12-38(32)46(40)48-42/h1-29H. The molecule has 0 amide bonds. The van der Waals surface area contributed by atoms with E-state index in [9.17, 15) is 0 Å². The van der Waals surface area contributed by atoms with Gasteiger partial charge < -0.3 is 9.32 Å². The number of benzene rings is 8. The number of fused-ring (bicyclic) bond motifs is 8. The molecule has 3 heteroatoms. The lowest BCUT2D eigenvalue weighted by atomic mass is 9.98. The van der Waals surface area contributed by atoms with Gasteiger partial charge in [0.1, 0.15) is 11.2 Å². The fourth-order valence-corrected chi connectivity index (χ4v) is 8.40. The van der Waals surface area contributed by atoms with Gasteiger partial charge in [-0.25, -0.2) is 0 Å². The molecule has 2 aromatic heterocycles. The first-order valence-corrected chi connectivity index (χ1v) is 17.4. The lowest BCUT2D eigenvalue weighted by molar-refractivity contribution is 0.673. The van der Waals surface area contributed by atoms with E-state index < -0.39 is 0 Å². The highest BCUT2D eigenvalue weighted by atomic mass is 32.1. The van der Waals surface area contributed by atoms with Gasteiger partial charge in [-0.1, -0.05) is 115 Å². The van der Waals surface area contributed by atoms with Crippen LogP contribution in [0.3, 0.4) is 0 Å². The summed E-state index contributed by atoms with van der Waals surface area (Å²) in [6.45, 7) is 0. The zero-order chi connectivity index (χ0) is 32.3. The average Bonchev–Trinajstić information content (AvgIpc) is 3.75. The van der Waals surface area contributed by atoms with Crippen LogP contribution in [-0.2, 0) is 0 Å². The molecule has 0 aliphatic rings. The van der Waals surface area contributed by atoms with Crippen LogP contribution < -0.4 is 4.90 Å². The first-order chi connectivity index (χ1) is 24.3. The van der Waals surface area contributed by atoms with Crippen molar-refractivity contribution in [2.24, 2.45) is 0 Å². The molecule has 0 aliphatic heterocycles. The van der Waals surface area contributed by atoms with Crippen LogP contribution in [0.15, 0.2) is 180 Å². The summed E-state index contributed by atoms with van der Waals surface area (Å²) in [5.41, 5.74) is 9.93. The van der Waals surface area contributed by atoms with Gasteiger partial charge >= 0.3 is 0 Å². The van der Waals surface area contributed by atoms with Crippen molar-refractivity contribution in [2.45, 2.75) is 0 Å². The van der Waals surface area contributed by atoms with E-state index in [2.05, 4.69) is 181 Å². The topological polar surface area (TPSA) is 16.4 Å². The minimum Gasteiger partial charge on any atom is -0.455 e. The number of thiophene rings is 1. The van der Waals surface area contributed by atoms with Crippen LogP contribution in [-0.4, -0.2) is 0 Å². The van der Waals surface area contributed by atoms with Crippen LogP contribution in [0.1, 0.15) is 0 Å². The molecular formula is C46H29NOS. The summed E-state index contributed by atoms with van der Waals surface area (Å²) in [6, 6.07) is 63.2. The fourth-order valence-electron chi connectivity index (χ4n) is 7.32. The number of anilines is 3. The summed E-state index contributed by atoms with van der Waals surface area (Å²) in [5, 5.41) is 7.20. The molecule has 8 aromatic carbocycles. The third-order valence-electron chi connectivity index (χ3n) is 9.67. The molecule has 0 bridgehead atoms. The van der Waals surface area contributed by atoms with Gasteiger partial charge in [0.15, 0.2) is 0 Å². The van der Waals surface area contributed by atoms with Crippen LogP contribution >= 0.6 is 11.3 Å². The molecule has 2 heterocycles. The van der Waals surface area contributed by atoms with Crippen molar-refractivity contribution < 1.29 is 4.42 Å². The summed E-state index contributed by atoms with van der Waals surface area (Å²) in [6.07, 6.45) is 0. The molecule has 0 radical (unpaired) electrons. The quantitative estimate of drug-likeness (QED) is 0.186. The van der Waals surface area contributed by atoms with Gasteiger partial charge in [-0.2, -0.15) is 0 Å². The number of nitrogens with zero attached hydrogens (tertiary/aromatic N) is 1. The van der Waals surface area contributed by atoms with E-state index in [0.29, 0.717) is 0 Å². The Balaban J connectivity index is 1.11. The highest BCUT2D eigenvalue weighted by Crippen LogP contribution is 2.43. The maximum atomic E-state index is 6.50. The van der Waals surface area contributed by atoms with E-state index in [-0.39, 0.29) is 0 Å². The Morgan fingerprint density at radius 2 is 1.06 bits per heavy atom. The first kappa shape index (κ1) is 27.9. The molecular weight excluding hydrogens is 615 g/mol. The van der Waals surface area contributed by atoms with Gasteiger partial charge in [-0.15, -0.1) is 11.3 Å². The smallest absolute Gasteiger partial charge is 0.143 e. The lowest BCUT2D eigenvalue weighted by Crippen LogP contribution is -2.09. The van der Waals surface area contributed by atoms with Crippen molar-refractivity contribution in [3.63, 3.8) is 0 Å². The zero-order valence-electron chi connectivity index (χ0n) is 26.5. The van der Waals surface area contributed by atoms with Gasteiger partial charge in [0.05, 0.1) is 0 Å². The summed E-state index contributed by atoms with van der Waals surface area (Å²) < 4.78 is 9.11. The molecule has 2 nitrogen and oxygen atoms in total. The van der Waals surface area contributed by atoms with Crippen molar-refractivity contribution in [3.8, 4) is 22.3 Å². The van der Waals surface area contributed by atoms with Crippen LogP contribution in [0.5, 0.6) is 0 Å². The second-order valence-electron chi connectivity index (χ2n) is 12.5. The summed E-state index contributed by atoms with van der Waals surface area (Å²) in [4.78, 5) is 2.37. The Kier molecular flexibility index (Phi) is 6.39. The van der Waals surface area contributed by atoms with Gasteiger partial charge in [-0.3, -0.25) is 0 Å². The van der Waals surface area contributed by atoms with Crippen molar-refractivity contribution in [3.05, 3.63) is 176 Å². The second kappa shape index (κ2) is 11.2. The highest BCUT2D eigenvalue weighted by molar-refractivity contribution is 7.25. The Morgan fingerprint density at radius 3 is 1.88 bits per heavy atom. The largest absolute Gasteiger partial charge is 0.455 e. The SMILES string of the molecule is c1ccc(-c2ccc(N(c3ccc(-c4cccc5oc6c7ccccc7ccc6c45)cc3)c3ccc4sc5ccccc5c4c3)cc2)cc1. The minimum atomic E-state index is 0.907. The molecule has 0 saturated carbocycles. The second-order valence-corrected chi connectivity index (χ2v) is 13.6. The van der Waals surface area contributed by atoms with Crippen molar-refractivity contribution in [1.82, 2.24) is 0 Å². The van der Waals surface area contributed by atoms with E-state index in [1.165, 1.54) is 42.2 Å². The Labute approximate surface area is 287 Å². The van der Waals surface area contributed by atoms with Crippen molar-refractivity contribution >= 4 is 81.3 Å². The number of furan rings is 1. The number of hydrogen-bond donors (Lipinski definition) is 0. The van der Waals surface area contributed by atoms with Gasteiger partial charge in [0, 0.05) is 53.4 Å². The van der Waals surface area contributed by atoms with Crippen molar-refractivity contribution in [2.75, 3.05) is 4.90 Å². The molecule has 10 aromatic rings. The van der Waals surface area contributed by atoms with Crippen molar-refractivity contribution in [1.29, 1.82) is 0 Å². The molecule has 0 aliphatic carbocycles. The lowest BCUT2D eigenvalue weighted by Gasteiger charge is -2.26. The fraction of sp³-hybridized carbons (Fsp3) is 0. The highest BCUT2D eigenvalue weighted by Gasteiger charge is 2.18. The monoisotopic (exact) mass is 643 g/mol. The minimum absolute atomic E-state index is 0.907. The third-order valence-corrected chi connectivity index (χ3v) is 10.8. The van der Waals surface area contributed by atoms with E-state index in [1.54, 1.807) is 0 Å². The molecule has 0 spiro atoms. The van der Waals surface area contributed by atoms with E-state index >= 15 is 0 Å². The molecule has 0 N–H and O–H groups in total. The average molecular weight is 644 g/mol. The first-order valence-electron chi connectivity index (χ1n) is 16.6. The number of rotatable bonds is 5. The summed E-state index contributed by atoms with van der Waals surface area (Å²) in [7, 11) is 0. The molecule has 10 rings (SSSR count). The van der Waals surface area contributed by atoms with E-state index in [4.69, 9.17) is 4.42 Å². The van der Waals surface area contributed by atoms with Crippen LogP contribution in [0, 0.1) is 0 Å². The maximum absolute atomic E-state index is 6.50. The third kappa shape index (κ3) is 4.62. The Hall–Kier alpha value is -6.16. The molecule has 0 saturated heterocycles. The molecule has 0 atom stereocenters. The van der Waals surface area contributed by atoms with Gasteiger partial charge in [-0.05, 0) is 88.3 Å². The predicted octanol–water partition coefficient (Wildman–Crippen LogP) is 13.9. The molecule has 230 valence electrons. The van der Waals surface area contributed by atoms with Gasteiger partial charge in [0.2, 0.25) is 0 Å². The Morgan fingerprint density at radius 1 is 0.408 bits per heavy atom.